The second-order valence-corrected chi connectivity index (χ2v) is 9.04. The fraction of sp³-hybridized carbons (Fsp3) is 0.478. The minimum absolute atomic E-state index is 0.0629. The third kappa shape index (κ3) is 3.82. The quantitative estimate of drug-likeness (QED) is 0.580. The van der Waals surface area contributed by atoms with Crippen molar-refractivity contribution in [2.45, 2.75) is 66.4 Å². The van der Waals surface area contributed by atoms with Gasteiger partial charge in [0.15, 0.2) is 0 Å². The summed E-state index contributed by atoms with van der Waals surface area (Å²) in [6.07, 6.45) is 1.81. The monoisotopic (exact) mass is 424 g/mol. The van der Waals surface area contributed by atoms with Crippen LogP contribution in [0.25, 0.3) is 22.2 Å². The number of hydrogen-bond donors (Lipinski definition) is 0. The van der Waals surface area contributed by atoms with Crippen molar-refractivity contribution in [2.24, 2.45) is 0 Å². The van der Waals surface area contributed by atoms with Gasteiger partial charge in [-0.05, 0) is 72.1 Å². The highest BCUT2D eigenvalue weighted by atomic mass is 16.6. The summed E-state index contributed by atoms with van der Waals surface area (Å²) in [6.45, 7) is 11.6. The number of benzene rings is 1. The molecule has 3 aromatic rings. The molecule has 1 amide bonds. The number of imidazole rings is 1. The molecule has 1 aliphatic rings. The maximum absolute atomic E-state index is 13.0. The van der Waals surface area contributed by atoms with Gasteiger partial charge in [-0.25, -0.2) is 14.3 Å². The van der Waals surface area contributed by atoms with Crippen LogP contribution in [0.2, 0.25) is 0 Å². The molecule has 0 spiro atoms. The number of hydrogen-bond acceptors (Lipinski definition) is 6. The average molecular weight is 425 g/mol. The highest BCUT2D eigenvalue weighted by Crippen LogP contribution is 2.37. The van der Waals surface area contributed by atoms with Crippen LogP contribution in [0.1, 0.15) is 57.3 Å². The molecule has 8 nitrogen and oxygen atoms in total. The Morgan fingerprint density at radius 2 is 1.90 bits per heavy atom. The molecule has 0 saturated carbocycles. The molecule has 1 fully saturated rings. The Labute approximate surface area is 181 Å². The first kappa shape index (κ1) is 21.1. The van der Waals surface area contributed by atoms with Gasteiger partial charge in [-0.2, -0.15) is 0 Å². The van der Waals surface area contributed by atoms with E-state index in [1.165, 1.54) is 4.57 Å². The Hall–Kier alpha value is -3.16. The largest absolute Gasteiger partial charge is 0.443 e. The molecule has 0 atom stereocenters. The number of carbonyl (C=O) groups is 2. The van der Waals surface area contributed by atoms with E-state index in [4.69, 9.17) is 9.26 Å². The van der Waals surface area contributed by atoms with Crippen LogP contribution in [0, 0.1) is 20.8 Å². The summed E-state index contributed by atoms with van der Waals surface area (Å²) in [5, 5.41) is 4.07. The van der Waals surface area contributed by atoms with Crippen molar-refractivity contribution in [1.82, 2.24) is 14.7 Å². The predicted octanol–water partition coefficient (Wildman–Crippen LogP) is 4.92. The van der Waals surface area contributed by atoms with Gasteiger partial charge in [0.2, 0.25) is 5.91 Å². The van der Waals surface area contributed by atoms with Crippen LogP contribution in [-0.2, 0) is 9.53 Å². The minimum Gasteiger partial charge on any atom is -0.443 e. The van der Waals surface area contributed by atoms with E-state index >= 15 is 0 Å². The first-order valence-corrected chi connectivity index (χ1v) is 10.6. The highest BCUT2D eigenvalue weighted by molar-refractivity contribution is 6.05. The molecular formula is C23H28N4O4. The van der Waals surface area contributed by atoms with Gasteiger partial charge in [0.1, 0.15) is 22.7 Å². The summed E-state index contributed by atoms with van der Waals surface area (Å²) in [5.74, 6) is 1.24. The average Bonchev–Trinajstić information content (AvgIpc) is 3.18. The molecule has 3 heterocycles. The smallest absolute Gasteiger partial charge is 0.420 e. The third-order valence-electron chi connectivity index (χ3n) is 5.42. The van der Waals surface area contributed by atoms with E-state index in [-0.39, 0.29) is 5.91 Å². The number of nitrogens with zero attached hydrogens (tertiary/aromatic N) is 4. The molecule has 0 aliphatic carbocycles. The summed E-state index contributed by atoms with van der Waals surface area (Å²) >= 11 is 0. The van der Waals surface area contributed by atoms with E-state index < -0.39 is 11.7 Å². The Morgan fingerprint density at radius 3 is 2.52 bits per heavy atom. The Bertz CT molecular complexity index is 1160. The zero-order chi connectivity index (χ0) is 22.5. The Balaban J connectivity index is 1.99. The molecule has 1 aromatic carbocycles. The van der Waals surface area contributed by atoms with Crippen molar-refractivity contribution in [3.05, 3.63) is 29.4 Å². The third-order valence-corrected chi connectivity index (χ3v) is 5.42. The summed E-state index contributed by atoms with van der Waals surface area (Å²) in [6, 6.07) is 3.84. The lowest BCUT2D eigenvalue weighted by atomic mass is 10.0. The van der Waals surface area contributed by atoms with Crippen LogP contribution < -0.4 is 4.90 Å². The molecule has 4 rings (SSSR count). The summed E-state index contributed by atoms with van der Waals surface area (Å²) in [4.78, 5) is 32.2. The lowest BCUT2D eigenvalue weighted by Gasteiger charge is -2.27. The number of piperidine rings is 1. The van der Waals surface area contributed by atoms with E-state index in [2.05, 4.69) is 10.1 Å². The molecule has 164 valence electrons. The van der Waals surface area contributed by atoms with Crippen LogP contribution in [0.4, 0.5) is 10.5 Å². The number of aryl methyl sites for hydroxylation is 3. The van der Waals surface area contributed by atoms with E-state index in [1.807, 2.05) is 46.8 Å². The van der Waals surface area contributed by atoms with Gasteiger partial charge in [-0.1, -0.05) is 5.16 Å². The number of carbonyl (C=O) groups excluding carboxylic acids is 2. The molecule has 0 N–H and O–H groups in total. The van der Waals surface area contributed by atoms with Gasteiger partial charge in [-0.3, -0.25) is 4.79 Å². The number of fused-ring (bicyclic) bond motifs is 1. The number of rotatable bonds is 2. The minimum atomic E-state index is -0.648. The number of aromatic nitrogens is 3. The summed E-state index contributed by atoms with van der Waals surface area (Å²) < 4.78 is 12.5. The maximum Gasteiger partial charge on any atom is 0.420 e. The molecule has 0 radical (unpaired) electrons. The first-order chi connectivity index (χ1) is 14.6. The van der Waals surface area contributed by atoms with E-state index in [0.717, 1.165) is 29.7 Å². The zero-order valence-corrected chi connectivity index (χ0v) is 18.9. The zero-order valence-electron chi connectivity index (χ0n) is 18.9. The van der Waals surface area contributed by atoms with Crippen LogP contribution in [0.3, 0.4) is 0 Å². The van der Waals surface area contributed by atoms with Gasteiger partial charge in [0.25, 0.3) is 0 Å². The van der Waals surface area contributed by atoms with E-state index in [9.17, 15) is 9.59 Å². The van der Waals surface area contributed by atoms with Gasteiger partial charge in [0.05, 0.1) is 16.9 Å². The van der Waals surface area contributed by atoms with Crippen molar-refractivity contribution in [1.29, 1.82) is 0 Å². The van der Waals surface area contributed by atoms with Crippen LogP contribution >= 0.6 is 0 Å². The Kier molecular flexibility index (Phi) is 5.11. The summed E-state index contributed by atoms with van der Waals surface area (Å²) in [7, 11) is 0. The van der Waals surface area contributed by atoms with E-state index in [1.54, 1.807) is 11.8 Å². The van der Waals surface area contributed by atoms with Crippen LogP contribution in [-0.4, -0.2) is 38.9 Å². The molecule has 2 aromatic heterocycles. The van der Waals surface area contributed by atoms with Gasteiger partial charge >= 0.3 is 6.09 Å². The van der Waals surface area contributed by atoms with Crippen LogP contribution in [0.15, 0.2) is 16.7 Å². The molecule has 0 bridgehead atoms. The van der Waals surface area contributed by atoms with Crippen molar-refractivity contribution in [3.8, 4) is 11.1 Å². The predicted molar refractivity (Wildman–Crippen MR) is 117 cm³/mol. The molecule has 0 unspecified atom stereocenters. The fourth-order valence-electron chi connectivity index (χ4n) is 4.12. The van der Waals surface area contributed by atoms with E-state index in [0.29, 0.717) is 41.3 Å². The number of anilines is 1. The molecule has 1 saturated heterocycles. The lowest BCUT2D eigenvalue weighted by Crippen LogP contribution is -2.35. The second kappa shape index (κ2) is 7.51. The van der Waals surface area contributed by atoms with Crippen molar-refractivity contribution in [3.63, 3.8) is 0 Å². The first-order valence-electron chi connectivity index (χ1n) is 10.6. The Morgan fingerprint density at radius 1 is 1.16 bits per heavy atom. The van der Waals surface area contributed by atoms with Gasteiger partial charge in [0, 0.05) is 18.5 Å². The highest BCUT2D eigenvalue weighted by Gasteiger charge is 2.28. The topological polar surface area (TPSA) is 90.5 Å². The van der Waals surface area contributed by atoms with Crippen molar-refractivity contribution >= 4 is 28.7 Å². The number of amides is 1. The standard InChI is InChI=1S/C23H28N4O4/c1-13-20(14(2)31-25-13)16-11-17(26-10-8-7-9-19(26)28)21-18(12-16)27(15(3)24-21)22(29)30-23(4,5)6/h11-12H,7-10H2,1-6H3. The SMILES string of the molecule is Cc1noc(C)c1-c1cc(N2CCCCC2=O)c2nc(C)n(C(=O)OC(C)(C)C)c2c1. The summed E-state index contributed by atoms with van der Waals surface area (Å²) in [5.41, 5.74) is 3.66. The normalized spacial score (nSPS) is 15.0. The maximum atomic E-state index is 13.0. The molecule has 31 heavy (non-hydrogen) atoms. The van der Waals surface area contributed by atoms with Crippen molar-refractivity contribution < 1.29 is 18.8 Å². The molecule has 8 heteroatoms. The van der Waals surface area contributed by atoms with Gasteiger partial charge in [-0.15, -0.1) is 0 Å². The molecular weight excluding hydrogens is 396 g/mol. The van der Waals surface area contributed by atoms with Crippen LogP contribution in [0.5, 0.6) is 0 Å². The number of ether oxygens (including phenoxy) is 1. The van der Waals surface area contributed by atoms with Gasteiger partial charge < -0.3 is 14.2 Å². The molecule has 1 aliphatic heterocycles. The lowest BCUT2D eigenvalue weighted by molar-refractivity contribution is -0.119. The van der Waals surface area contributed by atoms with Crippen molar-refractivity contribution in [2.75, 3.05) is 11.4 Å². The second-order valence-electron chi connectivity index (χ2n) is 9.04. The fourth-order valence-corrected chi connectivity index (χ4v) is 4.12.